The van der Waals surface area contributed by atoms with Gasteiger partial charge in [0.15, 0.2) is 0 Å². The molecule has 0 bridgehead atoms. The topological polar surface area (TPSA) is 113 Å². The Morgan fingerprint density at radius 2 is 2.05 bits per heavy atom. The van der Waals surface area contributed by atoms with Gasteiger partial charge in [-0.15, -0.1) is 0 Å². The molecule has 0 atom stereocenters. The Bertz CT molecular complexity index is 686. The average molecular weight is 290 g/mol. The number of nitrogens with one attached hydrogen (secondary N) is 1. The zero-order valence-corrected chi connectivity index (χ0v) is 11.5. The molecule has 2 rings (SSSR count). The van der Waals surface area contributed by atoms with E-state index >= 15 is 0 Å². The van der Waals surface area contributed by atoms with Crippen LogP contribution >= 0.6 is 0 Å². The van der Waals surface area contributed by atoms with E-state index in [0.29, 0.717) is 17.0 Å². The molecule has 1 aromatic carbocycles. The molecule has 0 saturated heterocycles. The summed E-state index contributed by atoms with van der Waals surface area (Å²) in [5, 5.41) is 24.8. The zero-order chi connectivity index (χ0) is 15.6. The molecule has 0 spiro atoms. The van der Waals surface area contributed by atoms with E-state index < -0.39 is 11.9 Å². The van der Waals surface area contributed by atoms with Crippen molar-refractivity contribution in [2.24, 2.45) is 0 Å². The highest BCUT2D eigenvalue weighted by Crippen LogP contribution is 2.24. The third kappa shape index (κ3) is 3.19. The van der Waals surface area contributed by atoms with E-state index in [1.54, 1.807) is 13.8 Å². The third-order valence-electron chi connectivity index (χ3n) is 3.04. The number of phenolic OH excluding ortho intramolecular Hbond substituents is 1. The molecule has 0 unspecified atom stereocenters. The number of hydrogen-bond donors (Lipinski definition) is 3. The van der Waals surface area contributed by atoms with Crippen molar-refractivity contribution in [2.45, 2.75) is 20.3 Å². The van der Waals surface area contributed by atoms with Gasteiger partial charge in [0.25, 0.3) is 0 Å². The third-order valence-corrected chi connectivity index (χ3v) is 3.04. The van der Waals surface area contributed by atoms with Crippen LogP contribution in [0, 0.1) is 13.8 Å². The van der Waals surface area contributed by atoms with Crippen molar-refractivity contribution in [1.29, 1.82) is 0 Å². The minimum absolute atomic E-state index is 0.0257. The summed E-state index contributed by atoms with van der Waals surface area (Å²) in [6.45, 7) is 3.42. The first-order valence-electron chi connectivity index (χ1n) is 6.16. The summed E-state index contributed by atoms with van der Waals surface area (Å²) in [5.41, 5.74) is 1.31. The summed E-state index contributed by atoms with van der Waals surface area (Å²) >= 11 is 0. The van der Waals surface area contributed by atoms with Gasteiger partial charge in [-0.3, -0.25) is 4.79 Å². The lowest BCUT2D eigenvalue weighted by atomic mass is 10.1. The Balaban J connectivity index is 2.16. The van der Waals surface area contributed by atoms with Crippen molar-refractivity contribution < 1.29 is 24.3 Å². The van der Waals surface area contributed by atoms with E-state index in [9.17, 15) is 14.7 Å². The maximum absolute atomic E-state index is 12.0. The molecule has 2 aromatic rings. The second kappa shape index (κ2) is 5.66. The largest absolute Gasteiger partial charge is 0.506 e. The number of aromatic nitrogens is 1. The molecule has 0 aliphatic carbocycles. The van der Waals surface area contributed by atoms with E-state index in [4.69, 9.17) is 9.63 Å². The lowest BCUT2D eigenvalue weighted by Gasteiger charge is -2.08. The van der Waals surface area contributed by atoms with Crippen LogP contribution < -0.4 is 5.32 Å². The van der Waals surface area contributed by atoms with E-state index in [-0.39, 0.29) is 23.4 Å². The van der Waals surface area contributed by atoms with E-state index in [1.807, 2.05) is 0 Å². The first-order chi connectivity index (χ1) is 9.88. The highest BCUT2D eigenvalue weighted by atomic mass is 16.5. The average Bonchev–Trinajstić information content (AvgIpc) is 2.73. The summed E-state index contributed by atoms with van der Waals surface area (Å²) in [4.78, 5) is 22.9. The molecule has 1 heterocycles. The number of nitrogens with zero attached hydrogens (tertiary/aromatic N) is 1. The quantitative estimate of drug-likeness (QED) is 0.741. The molecule has 0 saturated carbocycles. The Morgan fingerprint density at radius 3 is 2.62 bits per heavy atom. The van der Waals surface area contributed by atoms with E-state index in [0.717, 1.165) is 0 Å². The van der Waals surface area contributed by atoms with Gasteiger partial charge in [0.05, 0.1) is 23.4 Å². The number of carbonyl (C=O) groups excluding carboxylic acids is 1. The van der Waals surface area contributed by atoms with Gasteiger partial charge in [-0.1, -0.05) is 5.16 Å². The fraction of sp³-hybridized carbons (Fsp3) is 0.214. The van der Waals surface area contributed by atoms with Gasteiger partial charge in [-0.05, 0) is 32.0 Å². The van der Waals surface area contributed by atoms with Crippen LogP contribution in [0.25, 0.3) is 0 Å². The number of carbonyl (C=O) groups is 2. The molecular weight excluding hydrogens is 276 g/mol. The fourth-order valence-electron chi connectivity index (χ4n) is 1.88. The fourth-order valence-corrected chi connectivity index (χ4v) is 1.88. The molecule has 1 amide bonds. The predicted molar refractivity (Wildman–Crippen MR) is 73.4 cm³/mol. The smallest absolute Gasteiger partial charge is 0.335 e. The number of rotatable bonds is 4. The first-order valence-corrected chi connectivity index (χ1v) is 6.16. The van der Waals surface area contributed by atoms with Gasteiger partial charge < -0.3 is 20.1 Å². The molecule has 7 heteroatoms. The number of anilines is 1. The summed E-state index contributed by atoms with van der Waals surface area (Å²) in [6.07, 6.45) is 0.0257. The molecule has 3 N–H and O–H groups in total. The molecule has 0 aliphatic heterocycles. The van der Waals surface area contributed by atoms with Crippen molar-refractivity contribution in [3.63, 3.8) is 0 Å². The second-order valence-electron chi connectivity index (χ2n) is 4.56. The lowest BCUT2D eigenvalue weighted by Crippen LogP contribution is -2.15. The minimum atomic E-state index is -1.14. The van der Waals surface area contributed by atoms with Crippen LogP contribution in [0.1, 0.15) is 27.4 Å². The van der Waals surface area contributed by atoms with Gasteiger partial charge in [-0.2, -0.15) is 0 Å². The van der Waals surface area contributed by atoms with E-state index in [2.05, 4.69) is 10.5 Å². The first kappa shape index (κ1) is 14.6. The normalized spacial score (nSPS) is 10.4. The van der Waals surface area contributed by atoms with Crippen molar-refractivity contribution >= 4 is 17.6 Å². The highest BCUT2D eigenvalue weighted by Gasteiger charge is 2.15. The number of phenols is 1. The molecule has 7 nitrogen and oxygen atoms in total. The molecule has 110 valence electrons. The number of benzene rings is 1. The van der Waals surface area contributed by atoms with Gasteiger partial charge in [0.1, 0.15) is 11.5 Å². The lowest BCUT2D eigenvalue weighted by molar-refractivity contribution is -0.115. The Kier molecular flexibility index (Phi) is 3.93. The number of aryl methyl sites for hydroxylation is 2. The maximum Gasteiger partial charge on any atom is 0.335 e. The van der Waals surface area contributed by atoms with Crippen LogP contribution in [0.5, 0.6) is 5.75 Å². The van der Waals surface area contributed by atoms with Crippen molar-refractivity contribution in [3.05, 3.63) is 40.8 Å². The van der Waals surface area contributed by atoms with Gasteiger partial charge >= 0.3 is 5.97 Å². The van der Waals surface area contributed by atoms with Crippen LogP contribution in [0.15, 0.2) is 22.7 Å². The predicted octanol–water partition coefficient (Wildman–Crippen LogP) is 1.88. The molecule has 0 aliphatic rings. The second-order valence-corrected chi connectivity index (χ2v) is 4.56. The van der Waals surface area contributed by atoms with Crippen LogP contribution in [-0.4, -0.2) is 27.2 Å². The zero-order valence-electron chi connectivity index (χ0n) is 11.5. The van der Waals surface area contributed by atoms with Gasteiger partial charge in [0, 0.05) is 5.56 Å². The van der Waals surface area contributed by atoms with Crippen LogP contribution in [0.4, 0.5) is 5.69 Å². The van der Waals surface area contributed by atoms with Crippen LogP contribution in [0.3, 0.4) is 0 Å². The Hall–Kier alpha value is -2.83. The van der Waals surface area contributed by atoms with Gasteiger partial charge in [0.2, 0.25) is 5.91 Å². The molecule has 0 radical (unpaired) electrons. The van der Waals surface area contributed by atoms with E-state index in [1.165, 1.54) is 18.2 Å². The van der Waals surface area contributed by atoms with Crippen molar-refractivity contribution in [3.8, 4) is 5.75 Å². The summed E-state index contributed by atoms with van der Waals surface area (Å²) in [5.74, 6) is -1.20. The number of carboxylic acid groups (broad SMARTS) is 1. The van der Waals surface area contributed by atoms with Crippen molar-refractivity contribution in [1.82, 2.24) is 5.16 Å². The SMILES string of the molecule is Cc1noc(C)c1CC(=O)Nc1cc(C(=O)O)ccc1O. The molecule has 1 aromatic heterocycles. The number of aromatic carboxylic acids is 1. The molecular formula is C14H14N2O5. The maximum atomic E-state index is 12.0. The summed E-state index contributed by atoms with van der Waals surface area (Å²) in [7, 11) is 0. The number of amides is 1. The Labute approximate surface area is 120 Å². The minimum Gasteiger partial charge on any atom is -0.506 e. The standard InChI is InChI=1S/C14H14N2O5/c1-7-10(8(2)21-16-7)6-13(18)15-11-5-9(14(19)20)3-4-12(11)17/h3-5,17H,6H2,1-2H3,(H,15,18)(H,19,20). The summed E-state index contributed by atoms with van der Waals surface area (Å²) < 4.78 is 4.96. The number of carboxylic acids is 1. The van der Waals surface area contributed by atoms with Crippen molar-refractivity contribution in [2.75, 3.05) is 5.32 Å². The number of aromatic hydroxyl groups is 1. The monoisotopic (exact) mass is 290 g/mol. The van der Waals surface area contributed by atoms with Crippen LogP contribution in [-0.2, 0) is 11.2 Å². The Morgan fingerprint density at radius 1 is 1.33 bits per heavy atom. The van der Waals surface area contributed by atoms with Crippen LogP contribution in [0.2, 0.25) is 0 Å². The molecule has 21 heavy (non-hydrogen) atoms. The van der Waals surface area contributed by atoms with Gasteiger partial charge in [-0.25, -0.2) is 4.79 Å². The highest BCUT2D eigenvalue weighted by molar-refractivity contribution is 5.96. The number of hydrogen-bond acceptors (Lipinski definition) is 5. The summed E-state index contributed by atoms with van der Waals surface area (Å²) in [6, 6.07) is 3.67. The molecule has 0 fully saturated rings.